The van der Waals surface area contributed by atoms with Gasteiger partial charge in [-0.2, -0.15) is 0 Å². The molecule has 35 heavy (non-hydrogen) atoms. The van der Waals surface area contributed by atoms with E-state index >= 15 is 0 Å². The fraction of sp³-hybridized carbons (Fsp3) is 0.310. The molecule has 4 rings (SSSR count). The minimum absolute atomic E-state index is 0.00619. The van der Waals surface area contributed by atoms with Gasteiger partial charge in [-0.15, -0.1) is 0 Å². The van der Waals surface area contributed by atoms with Gasteiger partial charge in [-0.3, -0.25) is 9.59 Å². The summed E-state index contributed by atoms with van der Waals surface area (Å²) in [5, 5.41) is 0. The van der Waals surface area contributed by atoms with Crippen LogP contribution < -0.4 is 4.74 Å². The van der Waals surface area contributed by atoms with Crippen molar-refractivity contribution in [3.05, 3.63) is 95.8 Å². The highest BCUT2D eigenvalue weighted by Crippen LogP contribution is 2.29. The third-order valence-electron chi connectivity index (χ3n) is 6.23. The van der Waals surface area contributed by atoms with Crippen molar-refractivity contribution in [3.63, 3.8) is 0 Å². The van der Waals surface area contributed by atoms with Gasteiger partial charge >= 0.3 is 0 Å². The average Bonchev–Trinajstić information content (AvgIpc) is 3.30. The predicted molar refractivity (Wildman–Crippen MR) is 132 cm³/mol. The molecule has 1 aliphatic rings. The van der Waals surface area contributed by atoms with Crippen molar-refractivity contribution < 1.29 is 23.5 Å². The lowest BCUT2D eigenvalue weighted by Crippen LogP contribution is -2.43. The lowest BCUT2D eigenvalue weighted by atomic mass is 9.94. The number of amides is 1. The average molecular weight is 476 g/mol. The third-order valence-corrected chi connectivity index (χ3v) is 6.23. The number of hydrogen-bond acceptors (Lipinski definition) is 4. The van der Waals surface area contributed by atoms with E-state index in [1.54, 1.807) is 29.2 Å². The van der Waals surface area contributed by atoms with Crippen LogP contribution in [0.2, 0.25) is 0 Å². The van der Waals surface area contributed by atoms with Crippen molar-refractivity contribution in [2.45, 2.75) is 32.2 Å². The first-order valence-electron chi connectivity index (χ1n) is 12.0. The predicted octanol–water partition coefficient (Wildman–Crippen LogP) is 5.23. The number of hydrogen-bond donors (Lipinski definition) is 0. The maximum atomic E-state index is 13.3. The molecule has 182 valence electrons. The Hall–Kier alpha value is -3.51. The highest BCUT2D eigenvalue weighted by molar-refractivity contribution is 5.91. The van der Waals surface area contributed by atoms with E-state index in [1.165, 1.54) is 17.7 Å². The molecule has 0 aromatic heterocycles. The van der Waals surface area contributed by atoms with Crippen molar-refractivity contribution in [3.8, 4) is 11.5 Å². The van der Waals surface area contributed by atoms with E-state index in [-0.39, 0.29) is 36.5 Å². The largest absolute Gasteiger partial charge is 0.457 e. The molecule has 3 aromatic rings. The first kappa shape index (κ1) is 24.6. The Morgan fingerprint density at radius 1 is 0.914 bits per heavy atom. The number of likely N-dealkylation sites (tertiary alicyclic amines) is 1. The standard InChI is InChI=1S/C29H30FNO4/c1-2-34-20-29(33)31-19-23(16-21-6-4-3-5-7-21)17-27(31)28(32)18-22-8-12-25(13-9-22)35-26-14-10-24(30)11-15-26/h3-15,23,27H,2,16-20H2,1H3/t23-,27+/m1/s1. The van der Waals surface area contributed by atoms with Gasteiger partial charge in [-0.1, -0.05) is 42.5 Å². The van der Waals surface area contributed by atoms with Crippen LogP contribution in [-0.2, 0) is 27.2 Å². The van der Waals surface area contributed by atoms with Gasteiger partial charge in [0.05, 0.1) is 6.04 Å². The summed E-state index contributed by atoms with van der Waals surface area (Å²) in [5.74, 6) is 0.932. The minimum Gasteiger partial charge on any atom is -0.457 e. The second-order valence-corrected chi connectivity index (χ2v) is 8.83. The summed E-state index contributed by atoms with van der Waals surface area (Å²) < 4.78 is 24.2. The molecule has 6 heteroatoms. The number of ketones is 1. The quantitative estimate of drug-likeness (QED) is 0.403. The summed E-state index contributed by atoms with van der Waals surface area (Å²) >= 11 is 0. The molecule has 3 aromatic carbocycles. The van der Waals surface area contributed by atoms with Gasteiger partial charge in [0.15, 0.2) is 5.78 Å². The zero-order valence-electron chi connectivity index (χ0n) is 19.9. The monoisotopic (exact) mass is 475 g/mol. The molecule has 0 spiro atoms. The normalized spacial score (nSPS) is 17.4. The molecule has 5 nitrogen and oxygen atoms in total. The molecule has 2 atom stereocenters. The summed E-state index contributed by atoms with van der Waals surface area (Å²) in [6.07, 6.45) is 1.72. The van der Waals surface area contributed by atoms with Gasteiger partial charge in [0.25, 0.3) is 0 Å². The van der Waals surface area contributed by atoms with Gasteiger partial charge in [-0.25, -0.2) is 4.39 Å². The maximum absolute atomic E-state index is 13.3. The Morgan fingerprint density at radius 3 is 2.23 bits per heavy atom. The van der Waals surface area contributed by atoms with Crippen molar-refractivity contribution >= 4 is 11.7 Å². The Balaban J connectivity index is 1.41. The Morgan fingerprint density at radius 2 is 1.57 bits per heavy atom. The van der Waals surface area contributed by atoms with Crippen LogP contribution >= 0.6 is 0 Å². The third kappa shape index (κ3) is 6.76. The van der Waals surface area contributed by atoms with Crippen molar-refractivity contribution in [1.29, 1.82) is 0 Å². The van der Waals surface area contributed by atoms with Crippen LogP contribution in [0.1, 0.15) is 24.5 Å². The van der Waals surface area contributed by atoms with Gasteiger partial charge in [0, 0.05) is 19.6 Å². The molecule has 1 fully saturated rings. The number of ether oxygens (including phenoxy) is 2. The number of carbonyl (C=O) groups is 2. The van der Waals surface area contributed by atoms with Crippen LogP contribution in [0.3, 0.4) is 0 Å². The van der Waals surface area contributed by atoms with E-state index in [1.807, 2.05) is 37.3 Å². The molecule has 1 heterocycles. The molecule has 1 amide bonds. The van der Waals surface area contributed by atoms with Crippen LogP contribution in [0, 0.1) is 11.7 Å². The topological polar surface area (TPSA) is 55.8 Å². The van der Waals surface area contributed by atoms with E-state index in [9.17, 15) is 14.0 Å². The van der Waals surface area contributed by atoms with Crippen LogP contribution in [0.15, 0.2) is 78.9 Å². The summed E-state index contributed by atoms with van der Waals surface area (Å²) in [6, 6.07) is 22.8. The van der Waals surface area contributed by atoms with Gasteiger partial charge in [-0.05, 0) is 73.2 Å². The Kier molecular flexibility index (Phi) is 8.27. The van der Waals surface area contributed by atoms with Gasteiger partial charge < -0.3 is 14.4 Å². The van der Waals surface area contributed by atoms with E-state index in [2.05, 4.69) is 12.1 Å². The minimum atomic E-state index is -0.452. The lowest BCUT2D eigenvalue weighted by molar-refractivity contribution is -0.141. The zero-order valence-corrected chi connectivity index (χ0v) is 19.9. The number of nitrogens with zero attached hydrogens (tertiary/aromatic N) is 1. The van der Waals surface area contributed by atoms with Crippen molar-refractivity contribution in [1.82, 2.24) is 4.90 Å². The SMILES string of the molecule is CCOCC(=O)N1C[C@H](Cc2ccccc2)C[C@H]1C(=O)Cc1ccc(Oc2ccc(F)cc2)cc1. The highest BCUT2D eigenvalue weighted by Gasteiger charge is 2.39. The highest BCUT2D eigenvalue weighted by atomic mass is 19.1. The van der Waals surface area contributed by atoms with Crippen molar-refractivity contribution in [2.75, 3.05) is 19.8 Å². The lowest BCUT2D eigenvalue weighted by Gasteiger charge is -2.23. The molecule has 0 bridgehead atoms. The summed E-state index contributed by atoms with van der Waals surface area (Å²) in [4.78, 5) is 27.8. The van der Waals surface area contributed by atoms with Crippen LogP contribution in [-0.4, -0.2) is 42.4 Å². The molecule has 1 aliphatic heterocycles. The van der Waals surface area contributed by atoms with E-state index in [4.69, 9.17) is 9.47 Å². The number of rotatable bonds is 10. The molecular formula is C29H30FNO4. The molecular weight excluding hydrogens is 445 g/mol. The summed E-state index contributed by atoms with van der Waals surface area (Å²) in [7, 11) is 0. The van der Waals surface area contributed by atoms with Crippen molar-refractivity contribution in [2.24, 2.45) is 5.92 Å². The molecule has 0 aliphatic carbocycles. The van der Waals surface area contributed by atoms with Crippen LogP contribution in [0.5, 0.6) is 11.5 Å². The van der Waals surface area contributed by atoms with E-state index in [0.717, 1.165) is 12.0 Å². The summed E-state index contributed by atoms with van der Waals surface area (Å²) in [6.45, 7) is 2.86. The number of benzene rings is 3. The molecule has 0 radical (unpaired) electrons. The Bertz CT molecular complexity index is 1120. The molecule has 0 N–H and O–H groups in total. The second kappa shape index (κ2) is 11.8. The molecule has 0 saturated carbocycles. The number of carbonyl (C=O) groups excluding carboxylic acids is 2. The maximum Gasteiger partial charge on any atom is 0.249 e. The van der Waals surface area contributed by atoms with Gasteiger partial charge in [0.1, 0.15) is 23.9 Å². The number of halogens is 1. The second-order valence-electron chi connectivity index (χ2n) is 8.83. The zero-order chi connectivity index (χ0) is 24.6. The Labute approximate surface area is 205 Å². The van der Waals surface area contributed by atoms with Gasteiger partial charge in [0.2, 0.25) is 5.91 Å². The fourth-order valence-corrected chi connectivity index (χ4v) is 4.50. The van der Waals surface area contributed by atoms with Crippen LogP contribution in [0.4, 0.5) is 4.39 Å². The molecule has 1 saturated heterocycles. The summed E-state index contributed by atoms with van der Waals surface area (Å²) in [5.41, 5.74) is 2.06. The fourth-order valence-electron chi connectivity index (χ4n) is 4.50. The van der Waals surface area contributed by atoms with Crippen LogP contribution in [0.25, 0.3) is 0 Å². The molecule has 0 unspecified atom stereocenters. The number of Topliss-reactive ketones (excluding diaryl/α,β-unsaturated/α-hetero) is 1. The first-order chi connectivity index (χ1) is 17.0. The van der Waals surface area contributed by atoms with E-state index in [0.29, 0.717) is 31.1 Å². The smallest absolute Gasteiger partial charge is 0.249 e. The first-order valence-corrected chi connectivity index (χ1v) is 12.0. The van der Waals surface area contributed by atoms with E-state index < -0.39 is 6.04 Å².